The molecule has 13 heteroatoms. The topological polar surface area (TPSA) is 125 Å². The van der Waals surface area contributed by atoms with Crippen molar-refractivity contribution in [3.8, 4) is 0 Å². The summed E-state index contributed by atoms with van der Waals surface area (Å²) in [5.41, 5.74) is 3.52. The first kappa shape index (κ1) is 33.3. The van der Waals surface area contributed by atoms with Gasteiger partial charge in [-0.2, -0.15) is 19.9 Å². The molecule has 0 aliphatic carbocycles. The van der Waals surface area contributed by atoms with Crippen molar-refractivity contribution < 1.29 is 19.0 Å². The van der Waals surface area contributed by atoms with Crippen LogP contribution in [-0.4, -0.2) is 105 Å². The minimum Gasteiger partial charge on any atom is -0.442 e. The summed E-state index contributed by atoms with van der Waals surface area (Å²) in [5, 5.41) is 15.2. The summed E-state index contributed by atoms with van der Waals surface area (Å²) in [6.07, 6.45) is 6.12. The molecule has 0 saturated carbocycles. The predicted octanol–water partition coefficient (Wildman–Crippen LogP) is 3.09. The first-order chi connectivity index (χ1) is 23.0. The average molecular weight is 656 g/mol. The molecule has 2 fully saturated rings. The Morgan fingerprint density at radius 1 is 1.06 bits per heavy atom. The van der Waals surface area contributed by atoms with Crippen LogP contribution in [-0.2, 0) is 27.7 Å². The van der Waals surface area contributed by atoms with E-state index in [0.29, 0.717) is 43.6 Å². The Kier molecular flexibility index (Phi) is 9.90. The first-order valence-corrected chi connectivity index (χ1v) is 16.4. The normalized spacial score (nSPS) is 16.9. The number of nitrogens with zero attached hydrogens (tertiary/aromatic N) is 8. The first-order valence-electron chi connectivity index (χ1n) is 16.4. The monoisotopic (exact) mass is 655 g/mol. The van der Waals surface area contributed by atoms with Gasteiger partial charge in [0.1, 0.15) is 11.4 Å². The lowest BCUT2D eigenvalue weighted by molar-refractivity contribution is 0.0383. The number of morpholine rings is 2. The molecule has 2 saturated heterocycles. The predicted molar refractivity (Wildman–Crippen MR) is 187 cm³/mol. The third-order valence-electron chi connectivity index (χ3n) is 8.37. The molecule has 0 atom stereocenters. The van der Waals surface area contributed by atoms with Gasteiger partial charge in [0.05, 0.1) is 54.9 Å². The van der Waals surface area contributed by atoms with Gasteiger partial charge in [0.15, 0.2) is 0 Å². The van der Waals surface area contributed by atoms with Crippen LogP contribution < -0.4 is 20.8 Å². The summed E-state index contributed by atoms with van der Waals surface area (Å²) < 4.78 is 19.8. The highest BCUT2D eigenvalue weighted by Gasteiger charge is 2.21. The molecule has 6 rings (SSSR count). The van der Waals surface area contributed by atoms with Gasteiger partial charge in [-0.15, -0.1) is 0 Å². The molecule has 0 unspecified atom stereocenters. The molecule has 4 aromatic rings. The lowest BCUT2D eigenvalue weighted by Crippen LogP contribution is -2.38. The Hall–Kier alpha value is -4.59. The zero-order chi connectivity index (χ0) is 33.8. The second-order valence-corrected chi connectivity index (χ2v) is 13.1. The van der Waals surface area contributed by atoms with Crippen molar-refractivity contribution >= 4 is 52.7 Å². The van der Waals surface area contributed by atoms with E-state index in [0.717, 1.165) is 77.9 Å². The molecule has 0 bridgehead atoms. The Morgan fingerprint density at radius 3 is 2.52 bits per heavy atom. The molecule has 0 radical (unpaired) electrons. The van der Waals surface area contributed by atoms with Crippen molar-refractivity contribution in [2.45, 2.75) is 39.7 Å². The molecular formula is C35H45N9O4. The molecule has 2 aliphatic rings. The summed E-state index contributed by atoms with van der Waals surface area (Å²) >= 11 is 0. The molecule has 48 heavy (non-hydrogen) atoms. The minimum absolute atomic E-state index is 0.533. The second-order valence-electron chi connectivity index (χ2n) is 13.1. The van der Waals surface area contributed by atoms with Crippen LogP contribution in [0.15, 0.2) is 36.5 Å². The number of carbonyl (C=O) groups is 1. The molecule has 2 aliphatic heterocycles. The number of aryl methyl sites for hydroxylation is 1. The molecule has 254 valence electrons. The van der Waals surface area contributed by atoms with Gasteiger partial charge in [-0.05, 0) is 51.5 Å². The van der Waals surface area contributed by atoms with Crippen LogP contribution in [0.25, 0.3) is 29.1 Å². The zero-order valence-corrected chi connectivity index (χ0v) is 28.5. The van der Waals surface area contributed by atoms with E-state index in [-0.39, 0.29) is 0 Å². The number of carbonyl (C=O) groups excluding carboxylic acids is 1. The van der Waals surface area contributed by atoms with Gasteiger partial charge in [0.2, 0.25) is 5.95 Å². The maximum atomic E-state index is 12.9. The van der Waals surface area contributed by atoms with Crippen LogP contribution in [0.2, 0.25) is 0 Å². The molecule has 1 N–H and O–H groups in total. The number of nitrogens with one attached hydrogen (secondary N) is 1. The fourth-order valence-corrected chi connectivity index (χ4v) is 5.70. The number of benzene rings is 1. The van der Waals surface area contributed by atoms with Gasteiger partial charge in [-0.3, -0.25) is 9.58 Å². The van der Waals surface area contributed by atoms with E-state index in [4.69, 9.17) is 29.3 Å². The van der Waals surface area contributed by atoms with Crippen LogP contribution in [0, 0.1) is 0 Å². The van der Waals surface area contributed by atoms with Crippen LogP contribution in [0.5, 0.6) is 0 Å². The summed E-state index contributed by atoms with van der Waals surface area (Å²) in [5.74, 6) is 1.25. The Balaban J connectivity index is 1.30. The highest BCUT2D eigenvalue weighted by Crippen LogP contribution is 2.26. The van der Waals surface area contributed by atoms with Gasteiger partial charge >= 0.3 is 6.09 Å². The lowest BCUT2D eigenvalue weighted by atomic mass is 10.1. The quantitative estimate of drug-likeness (QED) is 0.301. The van der Waals surface area contributed by atoms with Gasteiger partial charge in [-0.25, -0.2) is 9.78 Å². The third kappa shape index (κ3) is 7.92. The van der Waals surface area contributed by atoms with E-state index in [1.807, 2.05) is 63.7 Å². The van der Waals surface area contributed by atoms with Gasteiger partial charge < -0.3 is 24.4 Å². The average Bonchev–Trinajstić information content (AvgIpc) is 3.62. The van der Waals surface area contributed by atoms with Crippen LogP contribution in [0.4, 0.5) is 22.2 Å². The second kappa shape index (κ2) is 14.3. The molecule has 0 amide bonds. The minimum atomic E-state index is -0.641. The fraction of sp³-hybridized carbons (Fsp3) is 0.457. The fourth-order valence-electron chi connectivity index (χ4n) is 5.70. The van der Waals surface area contributed by atoms with Crippen molar-refractivity contribution in [2.24, 2.45) is 7.05 Å². The van der Waals surface area contributed by atoms with E-state index >= 15 is 0 Å². The number of aromatic nitrogens is 6. The van der Waals surface area contributed by atoms with Crippen LogP contribution >= 0.6 is 0 Å². The largest absolute Gasteiger partial charge is 0.442 e. The maximum Gasteiger partial charge on any atom is 0.435 e. The lowest BCUT2D eigenvalue weighted by Gasteiger charge is -2.27. The Bertz CT molecular complexity index is 1910. The van der Waals surface area contributed by atoms with Crippen LogP contribution in [0.1, 0.15) is 39.1 Å². The SMILES string of the molecule is C=c1/c(=C\C=C(/C)c2cc(Nc3ccc4cnn(C(=O)OC(C)(C)C)c4c3)nc(N3CCOCC3)n2)c(CCN2CCOCC2)nn1C. The summed E-state index contributed by atoms with van der Waals surface area (Å²) in [6.45, 7) is 18.8. The zero-order valence-electron chi connectivity index (χ0n) is 28.5. The smallest absolute Gasteiger partial charge is 0.435 e. The van der Waals surface area contributed by atoms with Gasteiger partial charge in [-0.1, -0.05) is 18.7 Å². The number of rotatable bonds is 8. The number of allylic oxidation sites excluding steroid dienone is 2. The van der Waals surface area contributed by atoms with E-state index in [1.165, 1.54) is 4.68 Å². The summed E-state index contributed by atoms with van der Waals surface area (Å²) in [4.78, 5) is 27.3. The van der Waals surface area contributed by atoms with Crippen molar-refractivity contribution in [2.75, 3.05) is 69.4 Å². The van der Waals surface area contributed by atoms with Crippen molar-refractivity contribution in [1.82, 2.24) is 34.4 Å². The van der Waals surface area contributed by atoms with E-state index in [1.54, 1.807) is 6.20 Å². The Labute approximate surface area is 280 Å². The van der Waals surface area contributed by atoms with E-state index in [2.05, 4.69) is 38.9 Å². The molecule has 3 aromatic heterocycles. The maximum absolute atomic E-state index is 12.9. The summed E-state index contributed by atoms with van der Waals surface area (Å²) in [7, 11) is 1.93. The number of ether oxygens (including phenoxy) is 3. The van der Waals surface area contributed by atoms with Crippen molar-refractivity contribution in [3.63, 3.8) is 0 Å². The van der Waals surface area contributed by atoms with Crippen LogP contribution in [0.3, 0.4) is 0 Å². The standard InChI is InChI=1S/C35H45N9O4/c1-24(7-10-28-25(2)41(6)40-29(28)11-12-42-13-17-46-18-14-42)30-22-32(39-33(38-30)43-15-19-47-20-16-43)37-27-9-8-26-23-36-44(31(26)21-27)34(45)48-35(3,4)5/h7-10,21-23H,2,11-20H2,1,3-6H3,(H,37,38,39)/b24-7+,28-10+. The molecular weight excluding hydrogens is 610 g/mol. The number of hydrogen-bond donors (Lipinski definition) is 1. The van der Waals surface area contributed by atoms with E-state index < -0.39 is 11.7 Å². The molecule has 1 aromatic carbocycles. The highest BCUT2D eigenvalue weighted by atomic mass is 16.6. The van der Waals surface area contributed by atoms with Crippen molar-refractivity contribution in [3.05, 3.63) is 58.5 Å². The van der Waals surface area contributed by atoms with E-state index in [9.17, 15) is 4.79 Å². The summed E-state index contributed by atoms with van der Waals surface area (Å²) in [6, 6.07) is 7.66. The highest BCUT2D eigenvalue weighted by molar-refractivity contribution is 5.90. The molecule has 0 spiro atoms. The number of anilines is 3. The molecule has 5 heterocycles. The Morgan fingerprint density at radius 2 is 1.79 bits per heavy atom. The number of hydrogen-bond acceptors (Lipinski definition) is 11. The van der Waals surface area contributed by atoms with Gasteiger partial charge in [0, 0.05) is 68.6 Å². The third-order valence-corrected chi connectivity index (χ3v) is 8.37. The van der Waals surface area contributed by atoms with Crippen molar-refractivity contribution in [1.29, 1.82) is 0 Å². The number of fused-ring (bicyclic) bond motifs is 1. The molecule has 13 nitrogen and oxygen atoms in total. The van der Waals surface area contributed by atoms with Gasteiger partial charge in [0.25, 0.3) is 0 Å².